The molecule has 0 saturated carbocycles. The van der Waals surface area contributed by atoms with Crippen molar-refractivity contribution in [2.24, 2.45) is 10.9 Å². The van der Waals surface area contributed by atoms with Gasteiger partial charge in [0.2, 0.25) is 0 Å². The van der Waals surface area contributed by atoms with Crippen LogP contribution in [0.2, 0.25) is 0 Å². The second-order valence-electron chi connectivity index (χ2n) is 3.97. The average molecular weight is 371 g/mol. The summed E-state index contributed by atoms with van der Waals surface area (Å²) in [5, 5.41) is 11.5. The first-order valence-corrected chi connectivity index (χ1v) is 7.92. The number of nitrogens with zero attached hydrogens (tertiary/aromatic N) is 2. The zero-order chi connectivity index (χ0) is 15.5. The monoisotopic (exact) mass is 370 g/mol. The smallest absolute Gasteiger partial charge is 0.263 e. The predicted octanol–water partition coefficient (Wildman–Crippen LogP) is 1.74. The van der Waals surface area contributed by atoms with Crippen LogP contribution in [-0.2, 0) is 10.0 Å². The molecule has 0 fully saturated rings. The molecule has 9 heteroatoms. The van der Waals surface area contributed by atoms with Gasteiger partial charge in [0.15, 0.2) is 5.84 Å². The molecule has 2 aromatic rings. The van der Waals surface area contributed by atoms with Crippen molar-refractivity contribution in [2.45, 2.75) is 4.90 Å². The van der Waals surface area contributed by atoms with Crippen molar-refractivity contribution in [1.29, 1.82) is 0 Å². The van der Waals surface area contributed by atoms with Gasteiger partial charge in [-0.3, -0.25) is 9.71 Å². The Kier molecular flexibility index (Phi) is 4.43. The van der Waals surface area contributed by atoms with E-state index in [4.69, 9.17) is 10.9 Å². The van der Waals surface area contributed by atoms with E-state index in [1.165, 1.54) is 42.7 Å². The zero-order valence-corrected chi connectivity index (χ0v) is 13.0. The van der Waals surface area contributed by atoms with E-state index in [2.05, 4.69) is 30.8 Å². The Hall–Kier alpha value is -2.13. The second kappa shape index (κ2) is 6.10. The molecule has 0 saturated heterocycles. The van der Waals surface area contributed by atoms with Crippen LogP contribution in [0.4, 0.5) is 5.69 Å². The molecule has 0 aliphatic rings. The van der Waals surface area contributed by atoms with Gasteiger partial charge in [0.25, 0.3) is 10.0 Å². The summed E-state index contributed by atoms with van der Waals surface area (Å²) in [7, 11) is -3.73. The number of rotatable bonds is 4. The van der Waals surface area contributed by atoms with Gasteiger partial charge in [0, 0.05) is 22.4 Å². The number of benzene rings is 1. The van der Waals surface area contributed by atoms with Crippen LogP contribution < -0.4 is 10.5 Å². The van der Waals surface area contributed by atoms with E-state index in [-0.39, 0.29) is 10.7 Å². The Morgan fingerprint density at radius 1 is 1.38 bits per heavy atom. The molecule has 110 valence electrons. The number of nitrogens with two attached hydrogens (primary N) is 1. The molecule has 0 aliphatic heterocycles. The Morgan fingerprint density at radius 2 is 2.14 bits per heavy atom. The van der Waals surface area contributed by atoms with Crippen LogP contribution in [0.3, 0.4) is 0 Å². The van der Waals surface area contributed by atoms with Crippen LogP contribution >= 0.6 is 15.9 Å². The summed E-state index contributed by atoms with van der Waals surface area (Å²) in [5.74, 6) is -0.0719. The van der Waals surface area contributed by atoms with Crippen LogP contribution in [-0.4, -0.2) is 24.4 Å². The van der Waals surface area contributed by atoms with Crippen molar-refractivity contribution in [3.05, 3.63) is 52.8 Å². The molecule has 0 spiro atoms. The molecule has 1 heterocycles. The topological polar surface area (TPSA) is 118 Å². The van der Waals surface area contributed by atoms with Crippen molar-refractivity contribution in [3.63, 3.8) is 0 Å². The fraction of sp³-hybridized carbons (Fsp3) is 0. The van der Waals surface area contributed by atoms with Gasteiger partial charge in [-0.05, 0) is 46.3 Å². The standard InChI is InChI=1S/C12H11BrN4O3S/c13-10-6-8(12(14)16-18)3-4-11(10)17-21(19,20)9-2-1-5-15-7-9/h1-7,17-18H,(H2,14,16). The number of aromatic nitrogens is 1. The minimum atomic E-state index is -3.73. The highest BCUT2D eigenvalue weighted by Gasteiger charge is 2.16. The molecule has 1 aromatic carbocycles. The minimum Gasteiger partial charge on any atom is -0.409 e. The summed E-state index contributed by atoms with van der Waals surface area (Å²) < 4.78 is 27.2. The SMILES string of the molecule is N/C(=N/O)c1ccc(NS(=O)(=O)c2cccnc2)c(Br)c1. The van der Waals surface area contributed by atoms with Crippen LogP contribution in [0.5, 0.6) is 0 Å². The third kappa shape index (κ3) is 3.50. The average Bonchev–Trinajstić information content (AvgIpc) is 2.49. The van der Waals surface area contributed by atoms with E-state index in [0.29, 0.717) is 15.7 Å². The van der Waals surface area contributed by atoms with Gasteiger partial charge in [0.05, 0.1) is 5.69 Å². The number of pyridine rings is 1. The van der Waals surface area contributed by atoms with Gasteiger partial charge in [-0.2, -0.15) is 0 Å². The van der Waals surface area contributed by atoms with Gasteiger partial charge in [0.1, 0.15) is 4.90 Å². The van der Waals surface area contributed by atoms with Crippen molar-refractivity contribution >= 4 is 37.5 Å². The number of halogens is 1. The molecule has 2 rings (SSSR count). The molecule has 0 atom stereocenters. The minimum absolute atomic E-state index is 0.0532. The number of anilines is 1. The Morgan fingerprint density at radius 3 is 2.71 bits per heavy atom. The summed E-state index contributed by atoms with van der Waals surface area (Å²) in [6.45, 7) is 0. The van der Waals surface area contributed by atoms with Crippen LogP contribution in [0, 0.1) is 0 Å². The molecule has 0 amide bonds. The maximum Gasteiger partial charge on any atom is 0.263 e. The number of oxime groups is 1. The Labute approximate surface area is 129 Å². The lowest BCUT2D eigenvalue weighted by atomic mass is 10.2. The second-order valence-corrected chi connectivity index (χ2v) is 6.51. The van der Waals surface area contributed by atoms with Gasteiger partial charge in [-0.1, -0.05) is 5.16 Å². The molecule has 1 aromatic heterocycles. The fourth-order valence-corrected chi connectivity index (χ4v) is 3.18. The quantitative estimate of drug-likeness (QED) is 0.328. The number of amidine groups is 1. The fourth-order valence-electron chi connectivity index (χ4n) is 1.52. The predicted molar refractivity (Wildman–Crippen MR) is 81.7 cm³/mol. The van der Waals surface area contributed by atoms with Crippen molar-refractivity contribution in [2.75, 3.05) is 4.72 Å². The number of nitrogens with one attached hydrogen (secondary N) is 1. The van der Waals surface area contributed by atoms with E-state index in [1.807, 2.05) is 0 Å². The summed E-state index contributed by atoms with van der Waals surface area (Å²) in [6.07, 6.45) is 2.74. The first-order valence-electron chi connectivity index (χ1n) is 5.64. The first kappa shape index (κ1) is 15.3. The van der Waals surface area contributed by atoms with Crippen LogP contribution in [0.15, 0.2) is 57.2 Å². The molecule has 4 N–H and O–H groups in total. The highest BCUT2D eigenvalue weighted by Crippen LogP contribution is 2.26. The lowest BCUT2D eigenvalue weighted by molar-refractivity contribution is 0.318. The summed E-state index contributed by atoms with van der Waals surface area (Å²) in [5.41, 5.74) is 6.24. The largest absolute Gasteiger partial charge is 0.409 e. The normalized spacial score (nSPS) is 12.1. The van der Waals surface area contributed by atoms with Crippen LogP contribution in [0.25, 0.3) is 0 Å². The molecular formula is C12H11BrN4O3S. The highest BCUT2D eigenvalue weighted by molar-refractivity contribution is 9.10. The molecular weight excluding hydrogens is 360 g/mol. The molecule has 0 bridgehead atoms. The highest BCUT2D eigenvalue weighted by atomic mass is 79.9. The third-order valence-corrected chi connectivity index (χ3v) is 4.57. The van der Waals surface area contributed by atoms with E-state index >= 15 is 0 Å². The Balaban J connectivity index is 2.33. The first-order chi connectivity index (χ1) is 9.94. The van der Waals surface area contributed by atoms with E-state index in [1.54, 1.807) is 0 Å². The molecule has 21 heavy (non-hydrogen) atoms. The lowest BCUT2D eigenvalue weighted by Crippen LogP contribution is -2.15. The van der Waals surface area contributed by atoms with Gasteiger partial charge in [-0.15, -0.1) is 0 Å². The number of hydrogen-bond donors (Lipinski definition) is 3. The van der Waals surface area contributed by atoms with Gasteiger partial charge in [-0.25, -0.2) is 8.42 Å². The van der Waals surface area contributed by atoms with Crippen molar-refractivity contribution in [1.82, 2.24) is 4.98 Å². The molecule has 7 nitrogen and oxygen atoms in total. The van der Waals surface area contributed by atoms with E-state index < -0.39 is 10.0 Å². The van der Waals surface area contributed by atoms with Gasteiger partial charge >= 0.3 is 0 Å². The van der Waals surface area contributed by atoms with E-state index in [9.17, 15) is 8.42 Å². The van der Waals surface area contributed by atoms with Crippen molar-refractivity contribution < 1.29 is 13.6 Å². The summed E-state index contributed by atoms with van der Waals surface area (Å²) in [6, 6.07) is 7.54. The molecule has 0 aliphatic carbocycles. The molecule has 0 radical (unpaired) electrons. The number of hydrogen-bond acceptors (Lipinski definition) is 5. The van der Waals surface area contributed by atoms with Crippen LogP contribution in [0.1, 0.15) is 5.56 Å². The maximum atomic E-state index is 12.2. The lowest BCUT2D eigenvalue weighted by Gasteiger charge is -2.10. The van der Waals surface area contributed by atoms with Gasteiger partial charge < -0.3 is 10.9 Å². The Bertz CT molecular complexity index is 778. The van der Waals surface area contributed by atoms with Crippen molar-refractivity contribution in [3.8, 4) is 0 Å². The number of sulfonamides is 1. The molecule has 0 unspecified atom stereocenters. The van der Waals surface area contributed by atoms with E-state index in [0.717, 1.165) is 0 Å². The maximum absolute atomic E-state index is 12.2. The third-order valence-electron chi connectivity index (χ3n) is 2.56. The summed E-state index contributed by atoms with van der Waals surface area (Å²) >= 11 is 3.24. The summed E-state index contributed by atoms with van der Waals surface area (Å²) in [4.78, 5) is 3.83. The zero-order valence-electron chi connectivity index (χ0n) is 10.6.